The van der Waals surface area contributed by atoms with E-state index in [4.69, 9.17) is 0 Å². The van der Waals surface area contributed by atoms with Crippen molar-refractivity contribution in [1.82, 2.24) is 5.32 Å². The fourth-order valence-electron chi connectivity index (χ4n) is 0.852. The molecule has 0 saturated carbocycles. The highest BCUT2D eigenvalue weighted by molar-refractivity contribution is 4.79. The van der Waals surface area contributed by atoms with Crippen LogP contribution in [0.2, 0.25) is 0 Å². The van der Waals surface area contributed by atoms with Crippen molar-refractivity contribution < 1.29 is 4.42 Å². The van der Waals surface area contributed by atoms with Crippen molar-refractivity contribution in [2.24, 2.45) is 0 Å². The van der Waals surface area contributed by atoms with Crippen molar-refractivity contribution >= 4 is 0 Å². The summed E-state index contributed by atoms with van der Waals surface area (Å²) in [5, 5.41) is 3.22. The van der Waals surface area contributed by atoms with Crippen LogP contribution in [0.15, 0.2) is 29.1 Å². The molecular formula is C8H13NO. The summed E-state index contributed by atoms with van der Waals surface area (Å²) in [4.78, 5) is 0. The van der Waals surface area contributed by atoms with Crippen LogP contribution in [0.4, 0.5) is 0 Å². The van der Waals surface area contributed by atoms with Crippen LogP contribution in [-0.4, -0.2) is 13.1 Å². The zero-order chi connectivity index (χ0) is 7.07. The normalized spacial score (nSPS) is 16.0. The molecule has 1 saturated heterocycles. The summed E-state index contributed by atoms with van der Waals surface area (Å²) < 4.78 is 4.58. The lowest BCUT2D eigenvalue weighted by Gasteiger charge is -1.76. The van der Waals surface area contributed by atoms with E-state index < -0.39 is 0 Å². The lowest BCUT2D eigenvalue weighted by Crippen LogP contribution is -2.03. The standard InChI is InChI=1S/C4H9N.C4H4O/c2*1-2-4-5-3-1/h5H,1-4H2;1-4H. The van der Waals surface area contributed by atoms with Gasteiger partial charge in [0.05, 0.1) is 12.5 Å². The molecule has 1 fully saturated rings. The molecule has 0 aromatic carbocycles. The summed E-state index contributed by atoms with van der Waals surface area (Å²) >= 11 is 0. The molecule has 0 radical (unpaired) electrons. The highest BCUT2D eigenvalue weighted by Crippen LogP contribution is 1.90. The summed E-state index contributed by atoms with van der Waals surface area (Å²) in [7, 11) is 0. The summed E-state index contributed by atoms with van der Waals surface area (Å²) in [6, 6.07) is 3.67. The third-order valence-corrected chi connectivity index (χ3v) is 1.38. The lowest BCUT2D eigenvalue weighted by atomic mass is 10.4. The molecule has 2 heterocycles. The van der Waals surface area contributed by atoms with Crippen molar-refractivity contribution in [1.29, 1.82) is 0 Å². The van der Waals surface area contributed by atoms with Crippen molar-refractivity contribution in [3.63, 3.8) is 0 Å². The third kappa shape index (κ3) is 3.30. The van der Waals surface area contributed by atoms with Gasteiger partial charge in [0.15, 0.2) is 0 Å². The molecule has 0 unspecified atom stereocenters. The van der Waals surface area contributed by atoms with Crippen molar-refractivity contribution in [2.75, 3.05) is 13.1 Å². The van der Waals surface area contributed by atoms with Gasteiger partial charge in [-0.15, -0.1) is 0 Å². The van der Waals surface area contributed by atoms with Crippen LogP contribution in [0.3, 0.4) is 0 Å². The Hall–Kier alpha value is -0.760. The molecule has 1 aliphatic heterocycles. The molecule has 2 heteroatoms. The zero-order valence-corrected chi connectivity index (χ0v) is 6.05. The number of nitrogens with one attached hydrogen (secondary N) is 1. The van der Waals surface area contributed by atoms with Gasteiger partial charge in [-0.2, -0.15) is 0 Å². The third-order valence-electron chi connectivity index (χ3n) is 1.38. The van der Waals surface area contributed by atoms with Gasteiger partial charge in [0.2, 0.25) is 0 Å². The van der Waals surface area contributed by atoms with E-state index in [1.54, 1.807) is 12.5 Å². The highest BCUT2D eigenvalue weighted by Gasteiger charge is 1.93. The second-order valence-electron chi connectivity index (χ2n) is 2.25. The summed E-state index contributed by atoms with van der Waals surface area (Å²) in [5.74, 6) is 0. The maximum absolute atomic E-state index is 4.58. The second kappa shape index (κ2) is 5.06. The Morgan fingerprint density at radius 3 is 1.80 bits per heavy atom. The summed E-state index contributed by atoms with van der Waals surface area (Å²) in [6.45, 7) is 2.50. The molecule has 1 aliphatic rings. The predicted octanol–water partition coefficient (Wildman–Crippen LogP) is 1.65. The van der Waals surface area contributed by atoms with Crippen LogP contribution >= 0.6 is 0 Å². The van der Waals surface area contributed by atoms with Crippen LogP contribution in [-0.2, 0) is 0 Å². The van der Waals surface area contributed by atoms with Crippen molar-refractivity contribution in [3.05, 3.63) is 24.7 Å². The van der Waals surface area contributed by atoms with Crippen molar-refractivity contribution in [3.8, 4) is 0 Å². The average Bonchev–Trinajstić information content (AvgIpc) is 2.67. The molecule has 0 aliphatic carbocycles. The van der Waals surface area contributed by atoms with Gasteiger partial charge in [-0.3, -0.25) is 0 Å². The van der Waals surface area contributed by atoms with E-state index in [0.29, 0.717) is 0 Å². The molecule has 0 spiro atoms. The molecule has 10 heavy (non-hydrogen) atoms. The van der Waals surface area contributed by atoms with Crippen LogP contribution in [0, 0.1) is 0 Å². The van der Waals surface area contributed by atoms with Gasteiger partial charge in [0, 0.05) is 0 Å². The van der Waals surface area contributed by atoms with Crippen LogP contribution < -0.4 is 5.32 Å². The Balaban J connectivity index is 0.0000001000. The van der Waals surface area contributed by atoms with Gasteiger partial charge < -0.3 is 9.73 Å². The Morgan fingerprint density at radius 2 is 1.60 bits per heavy atom. The van der Waals surface area contributed by atoms with E-state index in [0.717, 1.165) is 0 Å². The molecule has 1 N–H and O–H groups in total. The van der Waals surface area contributed by atoms with E-state index in [2.05, 4.69) is 9.73 Å². The zero-order valence-electron chi connectivity index (χ0n) is 6.05. The van der Waals surface area contributed by atoms with Crippen LogP contribution in [0.5, 0.6) is 0 Å². The van der Waals surface area contributed by atoms with E-state index in [1.807, 2.05) is 12.1 Å². The molecule has 56 valence electrons. The van der Waals surface area contributed by atoms with Gasteiger partial charge in [-0.25, -0.2) is 0 Å². The fraction of sp³-hybridized carbons (Fsp3) is 0.500. The van der Waals surface area contributed by atoms with E-state index in [9.17, 15) is 0 Å². The maximum Gasteiger partial charge on any atom is 0.0902 e. The molecule has 1 aromatic heterocycles. The Morgan fingerprint density at radius 1 is 1.00 bits per heavy atom. The van der Waals surface area contributed by atoms with Gasteiger partial charge in [0.25, 0.3) is 0 Å². The number of hydrogen-bond donors (Lipinski definition) is 1. The molecule has 2 nitrogen and oxygen atoms in total. The highest BCUT2D eigenvalue weighted by atomic mass is 16.3. The molecule has 2 rings (SSSR count). The van der Waals surface area contributed by atoms with Crippen LogP contribution in [0.1, 0.15) is 12.8 Å². The first-order chi connectivity index (χ1) is 5.00. The van der Waals surface area contributed by atoms with Gasteiger partial charge in [-0.05, 0) is 38.1 Å². The van der Waals surface area contributed by atoms with Gasteiger partial charge in [-0.1, -0.05) is 0 Å². The summed E-state index contributed by atoms with van der Waals surface area (Å²) in [6.07, 6.45) is 6.03. The van der Waals surface area contributed by atoms with Gasteiger partial charge >= 0.3 is 0 Å². The minimum absolute atomic E-state index is 1.25. The maximum atomic E-state index is 4.58. The van der Waals surface area contributed by atoms with E-state index in [1.165, 1.54) is 25.9 Å². The summed E-state index contributed by atoms with van der Waals surface area (Å²) in [5.41, 5.74) is 0. The Labute approximate surface area is 61.2 Å². The molecule has 0 bridgehead atoms. The minimum atomic E-state index is 1.25. The predicted molar refractivity (Wildman–Crippen MR) is 40.8 cm³/mol. The first kappa shape index (κ1) is 7.35. The number of furan rings is 1. The SMILES string of the molecule is C1CCNC1.c1ccoc1. The second-order valence-corrected chi connectivity index (χ2v) is 2.25. The first-order valence-corrected chi connectivity index (χ1v) is 3.68. The smallest absolute Gasteiger partial charge is 0.0902 e. The largest absolute Gasteiger partial charge is 0.473 e. The first-order valence-electron chi connectivity index (χ1n) is 3.68. The molecule has 0 atom stereocenters. The Bertz CT molecular complexity index is 108. The molecule has 0 amide bonds. The quantitative estimate of drug-likeness (QED) is 0.591. The fourth-order valence-corrected chi connectivity index (χ4v) is 0.852. The van der Waals surface area contributed by atoms with Gasteiger partial charge in [0.1, 0.15) is 0 Å². The molecule has 1 aromatic rings. The number of rotatable bonds is 0. The molecular weight excluding hydrogens is 126 g/mol. The van der Waals surface area contributed by atoms with Crippen molar-refractivity contribution in [2.45, 2.75) is 12.8 Å². The van der Waals surface area contributed by atoms with E-state index in [-0.39, 0.29) is 0 Å². The minimum Gasteiger partial charge on any atom is -0.473 e. The van der Waals surface area contributed by atoms with Crippen LogP contribution in [0.25, 0.3) is 0 Å². The lowest BCUT2D eigenvalue weighted by molar-refractivity contribution is 0.567. The monoisotopic (exact) mass is 139 g/mol. The Kier molecular flexibility index (Phi) is 3.72. The topological polar surface area (TPSA) is 25.2 Å². The number of hydrogen-bond acceptors (Lipinski definition) is 2. The average molecular weight is 139 g/mol. The van der Waals surface area contributed by atoms with E-state index >= 15 is 0 Å².